The fourth-order valence-electron chi connectivity index (χ4n) is 0.773. The SMILES string of the molecule is CCOC(=O)C(O)C(C)OCC. The smallest absolute Gasteiger partial charge is 0.337 e. The molecule has 0 aliphatic rings. The van der Waals surface area contributed by atoms with Crippen molar-refractivity contribution in [1.82, 2.24) is 0 Å². The molecule has 4 nitrogen and oxygen atoms in total. The highest BCUT2D eigenvalue weighted by Gasteiger charge is 2.23. The van der Waals surface area contributed by atoms with E-state index in [1.807, 2.05) is 0 Å². The number of hydrogen-bond donors (Lipinski definition) is 1. The Morgan fingerprint density at radius 3 is 2.42 bits per heavy atom. The molecule has 0 heterocycles. The lowest BCUT2D eigenvalue weighted by Crippen LogP contribution is -2.35. The first-order valence-corrected chi connectivity index (χ1v) is 4.09. The van der Waals surface area contributed by atoms with Gasteiger partial charge in [-0.15, -0.1) is 0 Å². The van der Waals surface area contributed by atoms with Crippen LogP contribution >= 0.6 is 0 Å². The van der Waals surface area contributed by atoms with Crippen molar-refractivity contribution >= 4 is 5.97 Å². The van der Waals surface area contributed by atoms with Crippen LogP contribution in [0.1, 0.15) is 20.8 Å². The van der Waals surface area contributed by atoms with E-state index < -0.39 is 18.2 Å². The first-order chi connectivity index (χ1) is 5.63. The molecule has 12 heavy (non-hydrogen) atoms. The van der Waals surface area contributed by atoms with Gasteiger partial charge in [0, 0.05) is 6.61 Å². The van der Waals surface area contributed by atoms with E-state index in [1.54, 1.807) is 20.8 Å². The van der Waals surface area contributed by atoms with Crippen molar-refractivity contribution in [3.63, 3.8) is 0 Å². The van der Waals surface area contributed by atoms with Gasteiger partial charge in [-0.2, -0.15) is 0 Å². The van der Waals surface area contributed by atoms with Gasteiger partial charge in [-0.05, 0) is 20.8 Å². The minimum atomic E-state index is -1.18. The van der Waals surface area contributed by atoms with Crippen molar-refractivity contribution in [2.75, 3.05) is 13.2 Å². The molecule has 2 unspecified atom stereocenters. The zero-order valence-corrected chi connectivity index (χ0v) is 7.74. The Kier molecular flexibility index (Phi) is 5.66. The molecule has 72 valence electrons. The predicted molar refractivity (Wildman–Crippen MR) is 43.7 cm³/mol. The summed E-state index contributed by atoms with van der Waals surface area (Å²) in [7, 11) is 0. The van der Waals surface area contributed by atoms with Gasteiger partial charge in [-0.25, -0.2) is 4.79 Å². The van der Waals surface area contributed by atoms with Crippen molar-refractivity contribution in [2.24, 2.45) is 0 Å². The third-order valence-corrected chi connectivity index (χ3v) is 1.40. The van der Waals surface area contributed by atoms with Gasteiger partial charge < -0.3 is 14.6 Å². The summed E-state index contributed by atoms with van der Waals surface area (Å²) in [6.07, 6.45) is -1.68. The van der Waals surface area contributed by atoms with Crippen molar-refractivity contribution in [3.05, 3.63) is 0 Å². The minimum Gasteiger partial charge on any atom is -0.464 e. The van der Waals surface area contributed by atoms with E-state index in [2.05, 4.69) is 4.74 Å². The van der Waals surface area contributed by atoms with Crippen LogP contribution in [-0.2, 0) is 14.3 Å². The molecular formula is C8H16O4. The molecule has 1 N–H and O–H groups in total. The molecule has 0 rings (SSSR count). The molecule has 0 amide bonds. The van der Waals surface area contributed by atoms with E-state index in [1.165, 1.54) is 0 Å². The fraction of sp³-hybridized carbons (Fsp3) is 0.875. The first kappa shape index (κ1) is 11.4. The quantitative estimate of drug-likeness (QED) is 0.613. The summed E-state index contributed by atoms with van der Waals surface area (Å²) in [6, 6.07) is 0. The van der Waals surface area contributed by atoms with Crippen LogP contribution in [-0.4, -0.2) is 36.5 Å². The number of aliphatic hydroxyl groups excluding tert-OH is 1. The average Bonchev–Trinajstić information content (AvgIpc) is 2.04. The number of carbonyl (C=O) groups is 1. The van der Waals surface area contributed by atoms with E-state index in [4.69, 9.17) is 4.74 Å². The van der Waals surface area contributed by atoms with Crippen LogP contribution in [0.5, 0.6) is 0 Å². The summed E-state index contributed by atoms with van der Waals surface area (Å²) in [5.41, 5.74) is 0. The normalized spacial score (nSPS) is 15.3. The van der Waals surface area contributed by atoms with Crippen LogP contribution in [0.3, 0.4) is 0 Å². The van der Waals surface area contributed by atoms with Crippen molar-refractivity contribution < 1.29 is 19.4 Å². The lowest BCUT2D eigenvalue weighted by Gasteiger charge is -2.16. The van der Waals surface area contributed by atoms with Crippen LogP contribution < -0.4 is 0 Å². The zero-order chi connectivity index (χ0) is 9.56. The number of ether oxygens (including phenoxy) is 2. The summed E-state index contributed by atoms with van der Waals surface area (Å²) >= 11 is 0. The molecule has 0 aromatic rings. The molecule has 4 heteroatoms. The maximum atomic E-state index is 10.9. The molecule has 0 bridgehead atoms. The summed E-state index contributed by atoms with van der Waals surface area (Å²) in [4.78, 5) is 10.9. The standard InChI is InChI=1S/C8H16O4/c1-4-11-6(3)7(9)8(10)12-5-2/h6-7,9H,4-5H2,1-3H3. The minimum absolute atomic E-state index is 0.273. The molecule has 0 aliphatic carbocycles. The Labute approximate surface area is 72.5 Å². The number of aliphatic hydroxyl groups is 1. The number of esters is 1. The second-order valence-corrected chi connectivity index (χ2v) is 2.36. The summed E-state index contributed by atoms with van der Waals surface area (Å²) in [6.45, 7) is 5.86. The van der Waals surface area contributed by atoms with E-state index in [0.717, 1.165) is 0 Å². The van der Waals surface area contributed by atoms with Crippen molar-refractivity contribution in [2.45, 2.75) is 33.0 Å². The van der Waals surface area contributed by atoms with Gasteiger partial charge in [0.2, 0.25) is 0 Å². The highest BCUT2D eigenvalue weighted by Crippen LogP contribution is 2.00. The maximum Gasteiger partial charge on any atom is 0.337 e. The lowest BCUT2D eigenvalue weighted by atomic mass is 10.2. The van der Waals surface area contributed by atoms with Gasteiger partial charge in [0.05, 0.1) is 12.7 Å². The van der Waals surface area contributed by atoms with E-state index >= 15 is 0 Å². The van der Waals surface area contributed by atoms with Gasteiger partial charge in [0.1, 0.15) is 0 Å². The van der Waals surface area contributed by atoms with Crippen LogP contribution in [0.25, 0.3) is 0 Å². The Morgan fingerprint density at radius 2 is 2.00 bits per heavy atom. The van der Waals surface area contributed by atoms with E-state index in [0.29, 0.717) is 6.61 Å². The van der Waals surface area contributed by atoms with Gasteiger partial charge in [-0.1, -0.05) is 0 Å². The molecule has 2 atom stereocenters. The van der Waals surface area contributed by atoms with Gasteiger partial charge >= 0.3 is 5.97 Å². The number of hydrogen-bond acceptors (Lipinski definition) is 4. The average molecular weight is 176 g/mol. The third-order valence-electron chi connectivity index (χ3n) is 1.40. The molecule has 0 spiro atoms. The molecular weight excluding hydrogens is 160 g/mol. The Balaban J connectivity index is 3.82. The largest absolute Gasteiger partial charge is 0.464 e. The maximum absolute atomic E-state index is 10.9. The molecule has 0 saturated heterocycles. The number of rotatable bonds is 5. The fourth-order valence-corrected chi connectivity index (χ4v) is 0.773. The number of carbonyl (C=O) groups excluding carboxylic acids is 1. The second kappa shape index (κ2) is 5.97. The lowest BCUT2D eigenvalue weighted by molar-refractivity contribution is -0.160. The first-order valence-electron chi connectivity index (χ1n) is 4.09. The molecule has 0 aromatic heterocycles. The van der Waals surface area contributed by atoms with Gasteiger partial charge in [0.25, 0.3) is 0 Å². The van der Waals surface area contributed by atoms with Crippen LogP contribution in [0.4, 0.5) is 0 Å². The molecule has 0 fully saturated rings. The second-order valence-electron chi connectivity index (χ2n) is 2.36. The topological polar surface area (TPSA) is 55.8 Å². The molecule has 0 aliphatic heterocycles. The Bertz CT molecular complexity index is 135. The van der Waals surface area contributed by atoms with Crippen LogP contribution in [0.15, 0.2) is 0 Å². The van der Waals surface area contributed by atoms with Gasteiger partial charge in [0.15, 0.2) is 6.10 Å². The van der Waals surface area contributed by atoms with E-state index in [9.17, 15) is 9.90 Å². The summed E-state index contributed by atoms with van der Waals surface area (Å²) in [5.74, 6) is -0.626. The van der Waals surface area contributed by atoms with Crippen molar-refractivity contribution in [1.29, 1.82) is 0 Å². The molecule has 0 aromatic carbocycles. The third kappa shape index (κ3) is 3.69. The molecule has 0 radical (unpaired) electrons. The van der Waals surface area contributed by atoms with E-state index in [-0.39, 0.29) is 6.61 Å². The Morgan fingerprint density at radius 1 is 1.42 bits per heavy atom. The van der Waals surface area contributed by atoms with Gasteiger partial charge in [-0.3, -0.25) is 0 Å². The highest BCUT2D eigenvalue weighted by molar-refractivity contribution is 5.74. The van der Waals surface area contributed by atoms with Crippen molar-refractivity contribution in [3.8, 4) is 0 Å². The van der Waals surface area contributed by atoms with Crippen LogP contribution in [0, 0.1) is 0 Å². The monoisotopic (exact) mass is 176 g/mol. The summed E-state index contributed by atoms with van der Waals surface area (Å²) in [5, 5.41) is 9.25. The van der Waals surface area contributed by atoms with Crippen LogP contribution in [0.2, 0.25) is 0 Å². The predicted octanol–water partition coefficient (Wildman–Crippen LogP) is 0.335. The highest BCUT2D eigenvalue weighted by atomic mass is 16.6. The zero-order valence-electron chi connectivity index (χ0n) is 7.74. The summed E-state index contributed by atoms with van der Waals surface area (Å²) < 4.78 is 9.62. The Hall–Kier alpha value is -0.610. The molecule has 0 saturated carbocycles.